The van der Waals surface area contributed by atoms with Crippen molar-refractivity contribution in [2.24, 2.45) is 5.92 Å². The SMILES string of the molecule is N#CCC1CCCCCC1c1ccc(F)cc1. The van der Waals surface area contributed by atoms with Crippen LogP contribution >= 0.6 is 0 Å². The Morgan fingerprint density at radius 1 is 1.12 bits per heavy atom. The zero-order chi connectivity index (χ0) is 12.1. The Kier molecular flexibility index (Phi) is 4.14. The van der Waals surface area contributed by atoms with Crippen LogP contribution in [0.5, 0.6) is 0 Å². The Balaban J connectivity index is 2.19. The fraction of sp³-hybridized carbons (Fsp3) is 0.533. The van der Waals surface area contributed by atoms with Gasteiger partial charge in [-0.05, 0) is 42.4 Å². The van der Waals surface area contributed by atoms with Gasteiger partial charge < -0.3 is 0 Å². The first-order valence-electron chi connectivity index (χ1n) is 6.43. The third-order valence-electron chi connectivity index (χ3n) is 3.81. The van der Waals surface area contributed by atoms with Crippen molar-refractivity contribution < 1.29 is 4.39 Å². The molecule has 2 unspecified atom stereocenters. The lowest BCUT2D eigenvalue weighted by Gasteiger charge is -2.23. The van der Waals surface area contributed by atoms with Crippen molar-refractivity contribution in [3.8, 4) is 6.07 Å². The fourth-order valence-corrected chi connectivity index (χ4v) is 2.89. The van der Waals surface area contributed by atoms with Crippen LogP contribution in [0.25, 0.3) is 0 Å². The minimum atomic E-state index is -0.181. The summed E-state index contributed by atoms with van der Waals surface area (Å²) in [6.07, 6.45) is 6.61. The molecule has 90 valence electrons. The van der Waals surface area contributed by atoms with E-state index in [-0.39, 0.29) is 5.82 Å². The predicted molar refractivity (Wildman–Crippen MR) is 65.9 cm³/mol. The van der Waals surface area contributed by atoms with Gasteiger partial charge in [0.25, 0.3) is 0 Å². The summed E-state index contributed by atoms with van der Waals surface area (Å²) in [5.41, 5.74) is 1.20. The van der Waals surface area contributed by atoms with Crippen LogP contribution in [0.4, 0.5) is 4.39 Å². The minimum absolute atomic E-state index is 0.181. The van der Waals surface area contributed by atoms with Gasteiger partial charge in [0.15, 0.2) is 0 Å². The maximum absolute atomic E-state index is 12.9. The van der Waals surface area contributed by atoms with Gasteiger partial charge in [0.05, 0.1) is 6.07 Å². The van der Waals surface area contributed by atoms with E-state index in [0.29, 0.717) is 18.3 Å². The third-order valence-corrected chi connectivity index (χ3v) is 3.81. The number of nitrogens with zero attached hydrogens (tertiary/aromatic N) is 1. The molecule has 0 saturated heterocycles. The normalized spacial score (nSPS) is 24.9. The molecule has 0 aliphatic heterocycles. The minimum Gasteiger partial charge on any atom is -0.207 e. The van der Waals surface area contributed by atoms with Crippen LogP contribution < -0.4 is 0 Å². The lowest BCUT2D eigenvalue weighted by Crippen LogP contribution is -2.11. The summed E-state index contributed by atoms with van der Waals surface area (Å²) in [5.74, 6) is 0.713. The number of halogens is 1. The molecule has 1 saturated carbocycles. The summed E-state index contributed by atoms with van der Waals surface area (Å²) < 4.78 is 12.9. The van der Waals surface area contributed by atoms with Crippen molar-refractivity contribution in [2.45, 2.75) is 44.4 Å². The van der Waals surface area contributed by atoms with E-state index in [1.165, 1.54) is 37.0 Å². The molecule has 0 aromatic heterocycles. The smallest absolute Gasteiger partial charge is 0.123 e. The lowest BCUT2D eigenvalue weighted by atomic mass is 9.81. The first-order valence-corrected chi connectivity index (χ1v) is 6.43. The van der Waals surface area contributed by atoms with Crippen molar-refractivity contribution in [2.75, 3.05) is 0 Å². The van der Waals surface area contributed by atoms with Gasteiger partial charge in [-0.1, -0.05) is 31.4 Å². The number of hydrogen-bond donors (Lipinski definition) is 0. The van der Waals surface area contributed by atoms with Gasteiger partial charge >= 0.3 is 0 Å². The van der Waals surface area contributed by atoms with Crippen LogP contribution in [-0.2, 0) is 0 Å². The third kappa shape index (κ3) is 3.06. The summed E-state index contributed by atoms with van der Waals surface area (Å²) in [5, 5.41) is 8.91. The molecule has 1 aliphatic rings. The molecule has 2 atom stereocenters. The molecule has 1 fully saturated rings. The standard InChI is InChI=1S/C15H18FN/c16-14-8-6-13(7-9-14)15-5-3-1-2-4-12(15)10-11-17/h6-9,12,15H,1-5,10H2. The molecule has 1 nitrogen and oxygen atoms in total. The van der Waals surface area contributed by atoms with Gasteiger partial charge in [0.2, 0.25) is 0 Å². The highest BCUT2D eigenvalue weighted by Gasteiger charge is 2.24. The molecule has 0 spiro atoms. The van der Waals surface area contributed by atoms with E-state index < -0.39 is 0 Å². The van der Waals surface area contributed by atoms with E-state index in [9.17, 15) is 4.39 Å². The molecule has 2 heteroatoms. The summed E-state index contributed by atoms with van der Waals surface area (Å²) in [4.78, 5) is 0. The van der Waals surface area contributed by atoms with Gasteiger partial charge in [-0.25, -0.2) is 4.39 Å². The average molecular weight is 231 g/mol. The maximum Gasteiger partial charge on any atom is 0.123 e. The Bertz CT molecular complexity index is 390. The molecule has 0 heterocycles. The van der Waals surface area contributed by atoms with Crippen LogP contribution in [0.3, 0.4) is 0 Å². The van der Waals surface area contributed by atoms with Crippen molar-refractivity contribution >= 4 is 0 Å². The van der Waals surface area contributed by atoms with Gasteiger partial charge in [-0.3, -0.25) is 0 Å². The van der Waals surface area contributed by atoms with Crippen molar-refractivity contribution in [1.29, 1.82) is 5.26 Å². The molecule has 0 amide bonds. The van der Waals surface area contributed by atoms with Crippen LogP contribution in [0, 0.1) is 23.1 Å². The molecule has 1 aromatic carbocycles. The molecule has 0 bridgehead atoms. The summed E-state index contributed by atoms with van der Waals surface area (Å²) in [6.45, 7) is 0. The number of benzene rings is 1. The van der Waals surface area contributed by atoms with Gasteiger partial charge in [-0.2, -0.15) is 5.26 Å². The summed E-state index contributed by atoms with van der Waals surface area (Å²) in [7, 11) is 0. The van der Waals surface area contributed by atoms with E-state index in [2.05, 4.69) is 6.07 Å². The highest BCUT2D eigenvalue weighted by atomic mass is 19.1. The fourth-order valence-electron chi connectivity index (χ4n) is 2.89. The van der Waals surface area contributed by atoms with E-state index in [1.807, 2.05) is 12.1 Å². The zero-order valence-electron chi connectivity index (χ0n) is 10.0. The van der Waals surface area contributed by atoms with Gasteiger partial charge in [0, 0.05) is 6.42 Å². The lowest BCUT2D eigenvalue weighted by molar-refractivity contribution is 0.406. The molecule has 2 rings (SSSR count). The second kappa shape index (κ2) is 5.82. The Labute approximate surface area is 102 Å². The molecule has 1 aromatic rings. The largest absolute Gasteiger partial charge is 0.207 e. The number of hydrogen-bond acceptors (Lipinski definition) is 1. The zero-order valence-corrected chi connectivity index (χ0v) is 10.0. The van der Waals surface area contributed by atoms with E-state index in [0.717, 1.165) is 12.8 Å². The van der Waals surface area contributed by atoms with Crippen LogP contribution in [0.2, 0.25) is 0 Å². The summed E-state index contributed by atoms with van der Waals surface area (Å²) >= 11 is 0. The van der Waals surface area contributed by atoms with E-state index >= 15 is 0 Å². The maximum atomic E-state index is 12.9. The predicted octanol–water partition coefficient (Wildman–Crippen LogP) is 4.40. The molecular formula is C15H18FN. The first-order chi connectivity index (χ1) is 8.31. The quantitative estimate of drug-likeness (QED) is 0.692. The van der Waals surface area contributed by atoms with Crippen molar-refractivity contribution in [1.82, 2.24) is 0 Å². The molecular weight excluding hydrogens is 213 g/mol. The van der Waals surface area contributed by atoms with E-state index in [4.69, 9.17) is 5.26 Å². The second-order valence-electron chi connectivity index (χ2n) is 4.92. The number of rotatable bonds is 2. The highest BCUT2D eigenvalue weighted by molar-refractivity contribution is 5.21. The highest BCUT2D eigenvalue weighted by Crippen LogP contribution is 2.38. The Morgan fingerprint density at radius 3 is 2.53 bits per heavy atom. The van der Waals surface area contributed by atoms with Crippen LogP contribution in [0.1, 0.15) is 50.0 Å². The van der Waals surface area contributed by atoms with Crippen LogP contribution in [0.15, 0.2) is 24.3 Å². The molecule has 0 radical (unpaired) electrons. The summed E-state index contributed by atoms with van der Waals surface area (Å²) in [6, 6.07) is 9.13. The average Bonchev–Trinajstić information content (AvgIpc) is 2.56. The monoisotopic (exact) mass is 231 g/mol. The van der Waals surface area contributed by atoms with Crippen LogP contribution in [-0.4, -0.2) is 0 Å². The topological polar surface area (TPSA) is 23.8 Å². The Hall–Kier alpha value is -1.36. The molecule has 1 aliphatic carbocycles. The Morgan fingerprint density at radius 2 is 1.82 bits per heavy atom. The van der Waals surface area contributed by atoms with Gasteiger partial charge in [-0.15, -0.1) is 0 Å². The first kappa shape index (κ1) is 12.1. The van der Waals surface area contributed by atoms with Crippen molar-refractivity contribution in [3.63, 3.8) is 0 Å². The van der Waals surface area contributed by atoms with E-state index in [1.54, 1.807) is 0 Å². The molecule has 17 heavy (non-hydrogen) atoms. The molecule has 0 N–H and O–H groups in total. The van der Waals surface area contributed by atoms with Gasteiger partial charge in [0.1, 0.15) is 5.82 Å². The number of nitriles is 1. The van der Waals surface area contributed by atoms with Crippen molar-refractivity contribution in [3.05, 3.63) is 35.6 Å². The second-order valence-corrected chi connectivity index (χ2v) is 4.92.